The van der Waals surface area contributed by atoms with Crippen LogP contribution in [-0.4, -0.2) is 61.0 Å². The summed E-state index contributed by atoms with van der Waals surface area (Å²) in [5, 5.41) is 3.39. The van der Waals surface area contributed by atoms with Crippen molar-refractivity contribution in [1.82, 2.24) is 15.1 Å². The fraction of sp³-hybridized carbons (Fsp3) is 0.947. The molecule has 3 rings (SSSR count). The molecule has 3 heterocycles. The van der Waals surface area contributed by atoms with Gasteiger partial charge in [0.25, 0.3) is 0 Å². The van der Waals surface area contributed by atoms with Gasteiger partial charge in [0.05, 0.1) is 0 Å². The molecule has 0 bridgehead atoms. The zero-order chi connectivity index (χ0) is 16.9. The van der Waals surface area contributed by atoms with Crippen LogP contribution in [0.3, 0.4) is 0 Å². The van der Waals surface area contributed by atoms with Crippen molar-refractivity contribution in [2.45, 2.75) is 65.8 Å². The first-order valence-electron chi connectivity index (χ1n) is 9.81. The van der Waals surface area contributed by atoms with Gasteiger partial charge in [-0.3, -0.25) is 4.79 Å². The molecule has 3 saturated heterocycles. The van der Waals surface area contributed by atoms with Crippen molar-refractivity contribution < 1.29 is 4.79 Å². The van der Waals surface area contributed by atoms with Crippen molar-refractivity contribution in [3.05, 3.63) is 0 Å². The molecule has 0 unspecified atom stereocenters. The van der Waals surface area contributed by atoms with E-state index in [1.165, 1.54) is 51.9 Å². The van der Waals surface area contributed by atoms with Crippen LogP contribution in [0, 0.1) is 11.3 Å². The average Bonchev–Trinajstić information content (AvgIpc) is 2.56. The van der Waals surface area contributed by atoms with Crippen LogP contribution in [0.5, 0.6) is 0 Å². The molecule has 0 aliphatic carbocycles. The Morgan fingerprint density at radius 3 is 2.09 bits per heavy atom. The van der Waals surface area contributed by atoms with Gasteiger partial charge in [-0.05, 0) is 64.0 Å². The largest absolute Gasteiger partial charge is 0.343 e. The molecular formula is C19H37N3O. The molecule has 4 heteroatoms. The van der Waals surface area contributed by atoms with Crippen molar-refractivity contribution in [2.75, 3.05) is 39.3 Å². The van der Waals surface area contributed by atoms with E-state index in [-0.39, 0.29) is 0 Å². The quantitative estimate of drug-likeness (QED) is 0.867. The minimum Gasteiger partial charge on any atom is -0.343 e. The summed E-state index contributed by atoms with van der Waals surface area (Å²) < 4.78 is 0. The van der Waals surface area contributed by atoms with Gasteiger partial charge in [-0.25, -0.2) is 0 Å². The summed E-state index contributed by atoms with van der Waals surface area (Å²) in [5.74, 6) is 1.04. The molecule has 3 aliphatic heterocycles. The van der Waals surface area contributed by atoms with Gasteiger partial charge in [0.1, 0.15) is 0 Å². The van der Waals surface area contributed by atoms with E-state index in [0.717, 1.165) is 19.5 Å². The molecule has 3 aliphatic rings. The highest BCUT2D eigenvalue weighted by Gasteiger charge is 2.40. The molecule has 4 nitrogen and oxygen atoms in total. The predicted octanol–water partition coefficient (Wildman–Crippen LogP) is 2.74. The Labute approximate surface area is 143 Å². The predicted molar refractivity (Wildman–Crippen MR) is 96.5 cm³/mol. The van der Waals surface area contributed by atoms with Crippen LogP contribution >= 0.6 is 0 Å². The molecule has 1 amide bonds. The molecule has 0 saturated carbocycles. The van der Waals surface area contributed by atoms with E-state index < -0.39 is 0 Å². The van der Waals surface area contributed by atoms with Crippen molar-refractivity contribution in [3.8, 4) is 0 Å². The highest BCUT2D eigenvalue weighted by Crippen LogP contribution is 2.35. The van der Waals surface area contributed by atoms with Crippen LogP contribution in [0.25, 0.3) is 0 Å². The molecule has 0 radical (unpaired) electrons. The molecule has 23 heavy (non-hydrogen) atoms. The molecule has 3 fully saturated rings. The van der Waals surface area contributed by atoms with E-state index in [0.29, 0.717) is 23.3 Å². The van der Waals surface area contributed by atoms with Crippen LogP contribution in [-0.2, 0) is 4.79 Å². The Hall–Kier alpha value is -0.610. The first kappa shape index (κ1) is 18.7. The summed E-state index contributed by atoms with van der Waals surface area (Å²) in [4.78, 5) is 17.2. The summed E-state index contributed by atoms with van der Waals surface area (Å²) in [6.45, 7) is 15.2. The van der Waals surface area contributed by atoms with E-state index in [1.54, 1.807) is 0 Å². The van der Waals surface area contributed by atoms with E-state index in [4.69, 9.17) is 0 Å². The monoisotopic (exact) mass is 323 g/mol. The van der Waals surface area contributed by atoms with Gasteiger partial charge in [0.2, 0.25) is 5.91 Å². The first-order chi connectivity index (χ1) is 11.1. The molecule has 0 atom stereocenters. The molecule has 1 spiro atoms. The zero-order valence-electron chi connectivity index (χ0n) is 15.7. The zero-order valence-corrected chi connectivity index (χ0v) is 15.7. The van der Waals surface area contributed by atoms with Gasteiger partial charge in [0.15, 0.2) is 0 Å². The number of hydrogen-bond acceptors (Lipinski definition) is 3. The Morgan fingerprint density at radius 1 is 1.09 bits per heavy atom. The van der Waals surface area contributed by atoms with Crippen molar-refractivity contribution in [1.29, 1.82) is 0 Å². The van der Waals surface area contributed by atoms with E-state index in [1.807, 2.05) is 13.8 Å². The lowest BCUT2D eigenvalue weighted by Crippen LogP contribution is -2.58. The third-order valence-corrected chi connectivity index (χ3v) is 6.02. The second-order valence-electron chi connectivity index (χ2n) is 7.76. The van der Waals surface area contributed by atoms with E-state index in [2.05, 4.69) is 29.0 Å². The van der Waals surface area contributed by atoms with E-state index >= 15 is 0 Å². The lowest BCUT2D eigenvalue weighted by atomic mass is 9.73. The fourth-order valence-corrected chi connectivity index (χ4v) is 4.11. The number of nitrogens with zero attached hydrogens (tertiary/aromatic N) is 2. The van der Waals surface area contributed by atoms with E-state index in [9.17, 15) is 4.79 Å². The summed E-state index contributed by atoms with van der Waals surface area (Å²) in [7, 11) is 0. The first-order valence-corrected chi connectivity index (χ1v) is 9.81. The lowest BCUT2D eigenvalue weighted by molar-refractivity contribution is -0.135. The Morgan fingerprint density at radius 2 is 1.65 bits per heavy atom. The maximum absolute atomic E-state index is 12.5. The molecule has 0 aromatic heterocycles. The third kappa shape index (κ3) is 4.69. The van der Waals surface area contributed by atoms with Crippen LogP contribution in [0.2, 0.25) is 0 Å². The van der Waals surface area contributed by atoms with Crippen LogP contribution < -0.4 is 5.32 Å². The van der Waals surface area contributed by atoms with Gasteiger partial charge in [-0.2, -0.15) is 0 Å². The number of hydrogen-bond donors (Lipinski definition) is 1. The second kappa shape index (κ2) is 8.48. The van der Waals surface area contributed by atoms with Gasteiger partial charge in [-0.15, -0.1) is 0 Å². The highest BCUT2D eigenvalue weighted by molar-refractivity contribution is 5.76. The van der Waals surface area contributed by atoms with Crippen molar-refractivity contribution in [3.63, 3.8) is 0 Å². The number of likely N-dealkylation sites (tertiary alicyclic amines) is 2. The number of rotatable bonds is 3. The number of piperidine rings is 2. The van der Waals surface area contributed by atoms with Gasteiger partial charge >= 0.3 is 0 Å². The normalized spacial score (nSPS) is 25.0. The molecule has 1 N–H and O–H groups in total. The number of nitrogens with one attached hydrogen (secondary N) is 1. The summed E-state index contributed by atoms with van der Waals surface area (Å²) in [6.07, 6.45) is 5.60. The summed E-state index contributed by atoms with van der Waals surface area (Å²) in [5.41, 5.74) is 0.541. The van der Waals surface area contributed by atoms with Gasteiger partial charge in [-0.1, -0.05) is 13.8 Å². The molecule has 0 aromatic rings. The fourth-order valence-electron chi connectivity index (χ4n) is 4.11. The van der Waals surface area contributed by atoms with Crippen LogP contribution in [0.1, 0.15) is 59.8 Å². The third-order valence-electron chi connectivity index (χ3n) is 6.02. The van der Waals surface area contributed by atoms with Crippen molar-refractivity contribution in [2.24, 2.45) is 11.3 Å². The van der Waals surface area contributed by atoms with Crippen LogP contribution in [0.4, 0.5) is 0 Å². The maximum Gasteiger partial charge on any atom is 0.222 e. The average molecular weight is 324 g/mol. The van der Waals surface area contributed by atoms with Crippen molar-refractivity contribution >= 4 is 5.91 Å². The lowest BCUT2D eigenvalue weighted by Gasteiger charge is -2.48. The summed E-state index contributed by atoms with van der Waals surface area (Å²) in [6, 6.07) is 0.649. The topological polar surface area (TPSA) is 35.6 Å². The number of amides is 1. The molecule has 134 valence electrons. The van der Waals surface area contributed by atoms with Gasteiger partial charge in [0, 0.05) is 38.6 Å². The SMILES string of the molecule is CC.CC(C)N1CCC(CC(=O)N2CCC3(CC2)CNC3)CC1. The maximum atomic E-state index is 12.5. The highest BCUT2D eigenvalue weighted by atomic mass is 16.2. The van der Waals surface area contributed by atoms with Gasteiger partial charge < -0.3 is 15.1 Å². The Balaban J connectivity index is 0.000000924. The Bertz CT molecular complexity index is 361. The molecular weight excluding hydrogens is 286 g/mol. The minimum absolute atomic E-state index is 0.417. The summed E-state index contributed by atoms with van der Waals surface area (Å²) >= 11 is 0. The molecule has 0 aromatic carbocycles. The number of carbonyl (C=O) groups excluding carboxylic acids is 1. The second-order valence-corrected chi connectivity index (χ2v) is 7.76. The Kier molecular flexibility index (Phi) is 6.90. The smallest absolute Gasteiger partial charge is 0.222 e. The van der Waals surface area contributed by atoms with Crippen LogP contribution in [0.15, 0.2) is 0 Å². The number of carbonyl (C=O) groups is 1. The standard InChI is InChI=1S/C17H31N3O.C2H6/c1-14(2)19-7-3-15(4-8-19)11-16(21)20-9-5-17(6-10-20)12-18-13-17;1-2/h14-15,18H,3-13H2,1-2H3;1-2H3. The minimum atomic E-state index is 0.417.